The van der Waals surface area contributed by atoms with E-state index in [0.29, 0.717) is 21.4 Å². The van der Waals surface area contributed by atoms with Crippen molar-refractivity contribution in [2.24, 2.45) is 22.9 Å². The van der Waals surface area contributed by atoms with E-state index in [1.807, 2.05) is 12.1 Å². The molecule has 7 rings (SSSR count). The number of aromatic hydroxyl groups is 1. The number of H-pyrrole nitrogens is 1. The van der Waals surface area contributed by atoms with Gasteiger partial charge >= 0.3 is 5.69 Å². The summed E-state index contributed by atoms with van der Waals surface area (Å²) in [6.45, 7) is 0. The van der Waals surface area contributed by atoms with E-state index in [2.05, 4.69) is 27.6 Å². The summed E-state index contributed by atoms with van der Waals surface area (Å²) in [4.78, 5) is 27.3. The predicted molar refractivity (Wildman–Crippen MR) is 142 cm³/mol. The molecule has 9 heteroatoms. The first-order chi connectivity index (χ1) is 17.3. The minimum absolute atomic E-state index is 0.162. The summed E-state index contributed by atoms with van der Waals surface area (Å²) in [5, 5.41) is 15.7. The summed E-state index contributed by atoms with van der Waals surface area (Å²) < 4.78 is 1.08. The molecule has 0 atom stereocenters. The van der Waals surface area contributed by atoms with Crippen LogP contribution in [0, 0.1) is 17.8 Å². The highest BCUT2D eigenvalue weighted by Gasteiger charge is 2.51. The highest BCUT2D eigenvalue weighted by Crippen LogP contribution is 2.60. The van der Waals surface area contributed by atoms with Crippen LogP contribution in [0.2, 0.25) is 10.0 Å². The lowest BCUT2D eigenvalue weighted by Crippen LogP contribution is -2.48. The van der Waals surface area contributed by atoms with Crippen LogP contribution in [-0.2, 0) is 5.41 Å². The average Bonchev–Trinajstić information content (AvgIpc) is 2.82. The number of hydrogen-bond acceptors (Lipinski definition) is 5. The molecule has 0 spiro atoms. The molecule has 0 aliphatic heterocycles. The molecular formula is C27H26Cl2N4O3. The van der Waals surface area contributed by atoms with Crippen molar-refractivity contribution in [1.82, 2.24) is 9.55 Å². The molecule has 3 N–H and O–H groups in total. The zero-order valence-corrected chi connectivity index (χ0v) is 21.0. The standard InChI is InChI=1S/C27H26Cl2N4O3/c28-19-3-6-22(29)23(10-19)32-30-14-21-24(34)31-26(36)33(25(21)35)20-4-1-18(2-5-20)27-11-15-7-16(12-27)9-17(8-15)13-27/h1-6,10,14-17,32,35H,7-9,11-13H2,(H,31,34,36). The van der Waals surface area contributed by atoms with Gasteiger partial charge in [0, 0.05) is 5.02 Å². The van der Waals surface area contributed by atoms with E-state index in [9.17, 15) is 14.7 Å². The fourth-order valence-corrected chi connectivity index (χ4v) is 7.40. The SMILES string of the molecule is O=c1[nH]c(=O)n(-c2ccc(C34CC5CC(CC(C5)C3)C4)cc2)c(O)c1C=NNc1cc(Cl)ccc1Cl. The van der Waals surface area contributed by atoms with Crippen LogP contribution in [0.1, 0.15) is 49.7 Å². The van der Waals surface area contributed by atoms with Gasteiger partial charge in [0.15, 0.2) is 0 Å². The third-order valence-electron chi connectivity index (χ3n) is 8.20. The number of anilines is 1. The van der Waals surface area contributed by atoms with Gasteiger partial charge in [-0.3, -0.25) is 15.2 Å². The van der Waals surface area contributed by atoms with Crippen LogP contribution in [0.3, 0.4) is 0 Å². The van der Waals surface area contributed by atoms with Gasteiger partial charge in [-0.25, -0.2) is 9.36 Å². The molecule has 0 amide bonds. The zero-order valence-electron chi connectivity index (χ0n) is 19.5. The highest BCUT2D eigenvalue weighted by molar-refractivity contribution is 6.35. The molecule has 4 bridgehead atoms. The minimum Gasteiger partial charge on any atom is -0.493 e. The summed E-state index contributed by atoms with van der Waals surface area (Å²) >= 11 is 12.1. The van der Waals surface area contributed by atoms with E-state index < -0.39 is 17.1 Å². The lowest BCUT2D eigenvalue weighted by atomic mass is 9.48. The molecule has 2 aromatic carbocycles. The Hall–Kier alpha value is -3.03. The summed E-state index contributed by atoms with van der Waals surface area (Å²) in [5.74, 6) is 2.01. The molecular weight excluding hydrogens is 499 g/mol. The number of aromatic amines is 1. The average molecular weight is 525 g/mol. The summed E-state index contributed by atoms with van der Waals surface area (Å²) in [6.07, 6.45) is 9.00. The number of hydrazone groups is 1. The maximum atomic E-state index is 12.7. The van der Waals surface area contributed by atoms with Crippen molar-refractivity contribution in [3.8, 4) is 11.6 Å². The normalized spacial score (nSPS) is 26.6. The van der Waals surface area contributed by atoms with E-state index in [4.69, 9.17) is 23.2 Å². The van der Waals surface area contributed by atoms with Crippen LogP contribution in [0.5, 0.6) is 5.88 Å². The van der Waals surface area contributed by atoms with Crippen molar-refractivity contribution < 1.29 is 5.11 Å². The Morgan fingerprint density at radius 3 is 2.28 bits per heavy atom. The Kier molecular flexibility index (Phi) is 5.73. The van der Waals surface area contributed by atoms with Crippen LogP contribution >= 0.6 is 23.2 Å². The van der Waals surface area contributed by atoms with Crippen molar-refractivity contribution in [2.45, 2.75) is 43.9 Å². The maximum absolute atomic E-state index is 12.7. The Bertz CT molecular complexity index is 1440. The molecule has 3 aromatic rings. The Labute approximate surface area is 217 Å². The van der Waals surface area contributed by atoms with Crippen molar-refractivity contribution in [2.75, 3.05) is 5.43 Å². The molecule has 0 saturated heterocycles. The van der Waals surface area contributed by atoms with Gasteiger partial charge in [-0.1, -0.05) is 35.3 Å². The van der Waals surface area contributed by atoms with Crippen LogP contribution in [-0.4, -0.2) is 20.9 Å². The fourth-order valence-electron chi connectivity index (χ4n) is 7.07. The minimum atomic E-state index is -0.748. The second-order valence-electron chi connectivity index (χ2n) is 10.6. The third-order valence-corrected chi connectivity index (χ3v) is 8.77. The molecule has 0 radical (unpaired) electrons. The highest BCUT2D eigenvalue weighted by atomic mass is 35.5. The molecule has 4 aliphatic carbocycles. The molecule has 4 aliphatic rings. The smallest absolute Gasteiger partial charge is 0.335 e. The molecule has 36 heavy (non-hydrogen) atoms. The van der Waals surface area contributed by atoms with Crippen molar-refractivity contribution in [3.05, 3.63) is 84.5 Å². The monoisotopic (exact) mass is 524 g/mol. The second-order valence-corrected chi connectivity index (χ2v) is 11.4. The van der Waals surface area contributed by atoms with Gasteiger partial charge in [0.05, 0.1) is 22.6 Å². The molecule has 0 unspecified atom stereocenters. The fraction of sp³-hybridized carbons (Fsp3) is 0.370. The number of rotatable bonds is 5. The van der Waals surface area contributed by atoms with Crippen LogP contribution in [0.25, 0.3) is 5.69 Å². The Morgan fingerprint density at radius 2 is 1.64 bits per heavy atom. The van der Waals surface area contributed by atoms with E-state index in [1.165, 1.54) is 44.1 Å². The quantitative estimate of drug-likeness (QED) is 0.305. The van der Waals surface area contributed by atoms with Gasteiger partial charge in [0.1, 0.15) is 5.56 Å². The lowest BCUT2D eigenvalue weighted by Gasteiger charge is -2.57. The van der Waals surface area contributed by atoms with Gasteiger partial charge in [0.2, 0.25) is 5.88 Å². The van der Waals surface area contributed by atoms with Gasteiger partial charge in [-0.2, -0.15) is 5.10 Å². The molecule has 4 fully saturated rings. The molecule has 7 nitrogen and oxygen atoms in total. The number of hydrogen-bond donors (Lipinski definition) is 3. The first-order valence-electron chi connectivity index (χ1n) is 12.2. The Balaban J connectivity index is 1.30. The number of aromatic nitrogens is 2. The summed E-state index contributed by atoms with van der Waals surface area (Å²) in [6, 6.07) is 12.7. The van der Waals surface area contributed by atoms with E-state index in [0.717, 1.165) is 28.5 Å². The van der Waals surface area contributed by atoms with Gasteiger partial charge in [-0.15, -0.1) is 0 Å². The number of benzene rings is 2. The van der Waals surface area contributed by atoms with Crippen LogP contribution in [0.4, 0.5) is 5.69 Å². The molecule has 1 heterocycles. The van der Waals surface area contributed by atoms with Gasteiger partial charge < -0.3 is 5.11 Å². The summed E-state index contributed by atoms with van der Waals surface area (Å²) in [7, 11) is 0. The number of nitrogens with zero attached hydrogens (tertiary/aromatic N) is 2. The molecule has 1 aromatic heterocycles. The maximum Gasteiger partial charge on any atom is 0.335 e. The predicted octanol–water partition coefficient (Wildman–Crippen LogP) is 5.45. The van der Waals surface area contributed by atoms with E-state index in [-0.39, 0.29) is 11.0 Å². The van der Waals surface area contributed by atoms with E-state index >= 15 is 0 Å². The first kappa shape index (κ1) is 23.4. The van der Waals surface area contributed by atoms with Crippen molar-refractivity contribution in [3.63, 3.8) is 0 Å². The van der Waals surface area contributed by atoms with Gasteiger partial charge in [-0.05, 0) is 97.6 Å². The lowest BCUT2D eigenvalue weighted by molar-refractivity contribution is -0.00518. The number of halogens is 2. The van der Waals surface area contributed by atoms with Crippen LogP contribution < -0.4 is 16.7 Å². The largest absolute Gasteiger partial charge is 0.493 e. The molecule has 4 saturated carbocycles. The van der Waals surface area contributed by atoms with Crippen LogP contribution in [0.15, 0.2) is 57.2 Å². The zero-order chi connectivity index (χ0) is 25.0. The Morgan fingerprint density at radius 1 is 1.00 bits per heavy atom. The molecule has 186 valence electrons. The topological polar surface area (TPSA) is 99.5 Å². The second kappa shape index (κ2) is 8.82. The van der Waals surface area contributed by atoms with E-state index in [1.54, 1.807) is 18.2 Å². The first-order valence-corrected chi connectivity index (χ1v) is 13.0. The number of nitrogens with one attached hydrogen (secondary N) is 2. The van der Waals surface area contributed by atoms with Crippen molar-refractivity contribution >= 4 is 35.1 Å². The van der Waals surface area contributed by atoms with Gasteiger partial charge in [0.25, 0.3) is 5.56 Å². The third kappa shape index (κ3) is 4.04. The van der Waals surface area contributed by atoms with Crippen molar-refractivity contribution in [1.29, 1.82) is 0 Å². The summed E-state index contributed by atoms with van der Waals surface area (Å²) in [5.41, 5.74) is 3.53.